The molecule has 5 heteroatoms. The van der Waals surface area contributed by atoms with Crippen LogP contribution in [0.4, 0.5) is 28.4 Å². The molecule has 5 heterocycles. The average molecular weight is 806 g/mol. The molecule has 14 rings (SSSR count). The molecule has 0 aliphatic carbocycles. The molecule has 3 aliphatic heterocycles. The van der Waals surface area contributed by atoms with Crippen molar-refractivity contribution in [3.63, 3.8) is 0 Å². The summed E-state index contributed by atoms with van der Waals surface area (Å²) in [6.07, 6.45) is 0. The Morgan fingerprint density at radius 1 is 0.524 bits per heavy atom. The molecule has 11 aromatic rings. The van der Waals surface area contributed by atoms with Gasteiger partial charge < -0.3 is 18.7 Å². The number of hydrogen-bond acceptors (Lipinski definition) is 3. The standard InChI is InChI=1S/C58H40BN3O/c1-35-24-27-39(28-25-35)62-50-33-40(60(37-14-6-4-7-15-37)38-16-8-5-9-17-38)29-31-41(50)46-34-45(36-26-30-43-42-18-10-11-23-51(42)63-52(43)32-36)53-44-19-12-20-47-55(44)61-56-48(58(47,2)3)21-13-22-49(56)59(62)54(46)57(53)61/h4-34H,1-3H3. The first kappa shape index (κ1) is 34.9. The lowest BCUT2D eigenvalue weighted by molar-refractivity contribution is 0.631. The van der Waals surface area contributed by atoms with Gasteiger partial charge in [0.2, 0.25) is 0 Å². The van der Waals surface area contributed by atoms with Crippen LogP contribution in [0.25, 0.3) is 71.7 Å². The van der Waals surface area contributed by atoms with Crippen LogP contribution in [0.5, 0.6) is 0 Å². The van der Waals surface area contributed by atoms with Gasteiger partial charge in [0.25, 0.3) is 0 Å². The molecule has 0 unspecified atom stereocenters. The van der Waals surface area contributed by atoms with E-state index in [2.05, 4.69) is 223 Å². The Labute approximate surface area is 366 Å². The van der Waals surface area contributed by atoms with Crippen molar-refractivity contribution < 1.29 is 4.42 Å². The number of aryl methyl sites for hydroxylation is 1. The summed E-state index contributed by atoms with van der Waals surface area (Å²) >= 11 is 0. The van der Waals surface area contributed by atoms with E-state index in [1.165, 1.54) is 83.2 Å². The van der Waals surface area contributed by atoms with Crippen LogP contribution >= 0.6 is 0 Å². The lowest BCUT2D eigenvalue weighted by Crippen LogP contribution is -2.61. The molecule has 0 saturated heterocycles. The molecule has 0 spiro atoms. The monoisotopic (exact) mass is 805 g/mol. The average Bonchev–Trinajstić information content (AvgIpc) is 3.88. The quantitative estimate of drug-likeness (QED) is 0.162. The number of aromatic nitrogens is 1. The molecule has 63 heavy (non-hydrogen) atoms. The van der Waals surface area contributed by atoms with Gasteiger partial charge >= 0.3 is 6.85 Å². The number of fused-ring (bicyclic) bond motifs is 7. The van der Waals surface area contributed by atoms with Crippen LogP contribution in [0.15, 0.2) is 192 Å². The van der Waals surface area contributed by atoms with Gasteiger partial charge in [-0.25, -0.2) is 0 Å². The minimum Gasteiger partial charge on any atom is -0.456 e. The van der Waals surface area contributed by atoms with E-state index in [1.807, 2.05) is 0 Å². The normalized spacial score (nSPS) is 14.0. The molecule has 2 aromatic heterocycles. The fourth-order valence-corrected chi connectivity index (χ4v) is 11.6. The lowest BCUT2D eigenvalue weighted by atomic mass is 9.43. The maximum atomic E-state index is 6.58. The summed E-state index contributed by atoms with van der Waals surface area (Å²) in [5.74, 6) is 0. The van der Waals surface area contributed by atoms with E-state index in [4.69, 9.17) is 4.42 Å². The molecule has 0 fully saturated rings. The highest BCUT2D eigenvalue weighted by Gasteiger charge is 2.48. The summed E-state index contributed by atoms with van der Waals surface area (Å²) in [5.41, 5.74) is 22.8. The van der Waals surface area contributed by atoms with Gasteiger partial charge in [0.15, 0.2) is 0 Å². The predicted molar refractivity (Wildman–Crippen MR) is 264 cm³/mol. The van der Waals surface area contributed by atoms with Gasteiger partial charge in [-0.3, -0.25) is 0 Å². The summed E-state index contributed by atoms with van der Waals surface area (Å²) in [5, 5.41) is 4.88. The third-order valence-corrected chi connectivity index (χ3v) is 14.4. The maximum absolute atomic E-state index is 6.58. The fraction of sp³-hybridized carbons (Fsp3) is 0.0690. The summed E-state index contributed by atoms with van der Waals surface area (Å²) in [6, 6.07) is 69.6. The Hall–Kier alpha value is -7.76. The van der Waals surface area contributed by atoms with Gasteiger partial charge in [-0.15, -0.1) is 0 Å². The zero-order valence-electron chi connectivity index (χ0n) is 35.2. The molecule has 0 atom stereocenters. The second-order valence-electron chi connectivity index (χ2n) is 18.1. The van der Waals surface area contributed by atoms with Crippen molar-refractivity contribution in [2.75, 3.05) is 9.71 Å². The van der Waals surface area contributed by atoms with Gasteiger partial charge in [0.05, 0.1) is 11.0 Å². The second kappa shape index (κ2) is 12.4. The van der Waals surface area contributed by atoms with Gasteiger partial charge in [-0.1, -0.05) is 135 Å². The summed E-state index contributed by atoms with van der Waals surface area (Å²) < 4.78 is 9.24. The van der Waals surface area contributed by atoms with Crippen LogP contribution in [0.2, 0.25) is 0 Å². The highest BCUT2D eigenvalue weighted by molar-refractivity contribution is 6.94. The number of para-hydroxylation sites is 5. The van der Waals surface area contributed by atoms with E-state index in [0.29, 0.717) is 0 Å². The third-order valence-electron chi connectivity index (χ3n) is 14.4. The van der Waals surface area contributed by atoms with E-state index in [1.54, 1.807) is 0 Å². The van der Waals surface area contributed by atoms with Crippen molar-refractivity contribution in [1.29, 1.82) is 0 Å². The molecule has 0 amide bonds. The molecular formula is C58H40BN3O. The van der Waals surface area contributed by atoms with Gasteiger partial charge in [-0.05, 0) is 118 Å². The number of benzene rings is 9. The smallest absolute Gasteiger partial charge is 0.333 e. The minimum absolute atomic E-state index is 0.0918. The zero-order valence-corrected chi connectivity index (χ0v) is 35.2. The van der Waals surface area contributed by atoms with Gasteiger partial charge in [0, 0.05) is 66.6 Å². The van der Waals surface area contributed by atoms with E-state index < -0.39 is 0 Å². The molecule has 9 aromatic carbocycles. The van der Waals surface area contributed by atoms with Crippen molar-refractivity contribution >= 4 is 90.0 Å². The van der Waals surface area contributed by atoms with E-state index in [9.17, 15) is 0 Å². The number of nitrogens with zero attached hydrogens (tertiary/aromatic N) is 3. The Morgan fingerprint density at radius 3 is 2.02 bits per heavy atom. The first-order valence-electron chi connectivity index (χ1n) is 22.0. The van der Waals surface area contributed by atoms with Gasteiger partial charge in [-0.2, -0.15) is 0 Å². The van der Waals surface area contributed by atoms with E-state index in [0.717, 1.165) is 44.6 Å². The van der Waals surface area contributed by atoms with Crippen LogP contribution in [0, 0.1) is 6.92 Å². The van der Waals surface area contributed by atoms with Crippen molar-refractivity contribution in [2.45, 2.75) is 26.2 Å². The van der Waals surface area contributed by atoms with Crippen molar-refractivity contribution in [1.82, 2.24) is 4.57 Å². The number of hydrogen-bond donors (Lipinski definition) is 0. The van der Waals surface area contributed by atoms with Crippen molar-refractivity contribution in [3.8, 4) is 27.9 Å². The number of anilines is 5. The van der Waals surface area contributed by atoms with Crippen molar-refractivity contribution in [3.05, 3.63) is 205 Å². The largest absolute Gasteiger partial charge is 0.456 e. The van der Waals surface area contributed by atoms with E-state index in [-0.39, 0.29) is 12.3 Å². The predicted octanol–water partition coefficient (Wildman–Crippen LogP) is 14.0. The molecule has 3 aliphatic rings. The summed E-state index contributed by atoms with van der Waals surface area (Å²) in [7, 11) is 0. The first-order valence-corrected chi connectivity index (χ1v) is 22.0. The molecule has 0 saturated carbocycles. The molecule has 296 valence electrons. The van der Waals surface area contributed by atoms with Gasteiger partial charge in [0.1, 0.15) is 11.2 Å². The van der Waals surface area contributed by atoms with Crippen LogP contribution in [0.1, 0.15) is 30.5 Å². The van der Waals surface area contributed by atoms with Crippen LogP contribution in [-0.4, -0.2) is 11.4 Å². The number of rotatable bonds is 5. The van der Waals surface area contributed by atoms with Crippen LogP contribution < -0.4 is 20.6 Å². The summed E-state index contributed by atoms with van der Waals surface area (Å²) in [6.45, 7) is 6.92. The lowest BCUT2D eigenvalue weighted by Gasteiger charge is -2.45. The molecule has 0 N–H and O–H groups in total. The van der Waals surface area contributed by atoms with Crippen LogP contribution in [0.3, 0.4) is 0 Å². The second-order valence-corrected chi connectivity index (χ2v) is 18.1. The molecular weight excluding hydrogens is 765 g/mol. The Kier molecular flexibility index (Phi) is 6.88. The fourth-order valence-electron chi connectivity index (χ4n) is 11.6. The van der Waals surface area contributed by atoms with E-state index >= 15 is 0 Å². The SMILES string of the molecule is Cc1ccc(N2B3c4cccc5c4-n4c6c(cccc6c6c(-c7ccc8c(c7)oc7ccccc78)cc(c3c64)-c3ccc(N(c4ccccc4)c4ccccc4)cc32)C5(C)C)cc1. The highest BCUT2D eigenvalue weighted by atomic mass is 16.3. The van der Waals surface area contributed by atoms with Crippen molar-refractivity contribution in [2.24, 2.45) is 0 Å². The zero-order chi connectivity index (χ0) is 41.7. The third kappa shape index (κ3) is 4.61. The van der Waals surface area contributed by atoms with Crippen LogP contribution in [-0.2, 0) is 5.41 Å². The molecule has 4 nitrogen and oxygen atoms in total. The topological polar surface area (TPSA) is 24.6 Å². The Balaban J connectivity index is 1.14. The molecule has 0 radical (unpaired) electrons. The highest BCUT2D eigenvalue weighted by Crippen LogP contribution is 2.54. The number of furan rings is 1. The Morgan fingerprint density at radius 2 is 1.22 bits per heavy atom. The Bertz CT molecular complexity index is 3690. The maximum Gasteiger partial charge on any atom is 0.333 e. The summed E-state index contributed by atoms with van der Waals surface area (Å²) in [4.78, 5) is 5.03. The molecule has 0 bridgehead atoms. The first-order chi connectivity index (χ1) is 30.9. The minimum atomic E-state index is -0.219.